The molecule has 0 aromatic heterocycles. The van der Waals surface area contributed by atoms with Crippen molar-refractivity contribution >= 4 is 70.8 Å². The molecule has 7 aromatic carbocycles. The largest absolute Gasteiger partial charge is 0.242 e. The van der Waals surface area contributed by atoms with Gasteiger partial charge >= 0.3 is 0 Å². The SMILES string of the molecule is Fc1ccc(B(c2ccccc2P(c2ccccc2)c2ccccc2)c2ccccc2P(c2ccccc2)c2ccccc2)cc1. The first-order valence-corrected chi connectivity index (χ1v) is 18.2. The van der Waals surface area contributed by atoms with Gasteiger partial charge in [0.2, 0.25) is 6.71 Å². The van der Waals surface area contributed by atoms with Gasteiger partial charge in [-0.1, -0.05) is 198 Å². The van der Waals surface area contributed by atoms with E-state index in [2.05, 4.69) is 170 Å². The number of halogens is 1. The third kappa shape index (κ3) is 6.38. The van der Waals surface area contributed by atoms with Crippen LogP contribution in [0.2, 0.25) is 0 Å². The van der Waals surface area contributed by atoms with E-state index in [1.807, 2.05) is 12.1 Å². The lowest BCUT2D eigenvalue weighted by Crippen LogP contribution is -2.60. The van der Waals surface area contributed by atoms with Crippen LogP contribution in [-0.4, -0.2) is 6.71 Å². The quantitative estimate of drug-likeness (QED) is 0.139. The molecule has 0 radical (unpaired) electrons. The lowest BCUT2D eigenvalue weighted by atomic mass is 9.37. The van der Waals surface area contributed by atoms with Gasteiger partial charge in [-0.25, -0.2) is 4.39 Å². The predicted molar refractivity (Wildman–Crippen MR) is 201 cm³/mol. The molecule has 0 saturated heterocycles. The Balaban J connectivity index is 1.49. The Labute approximate surface area is 274 Å². The summed E-state index contributed by atoms with van der Waals surface area (Å²) < 4.78 is 14.5. The Morgan fingerprint density at radius 2 is 0.630 bits per heavy atom. The van der Waals surface area contributed by atoms with E-state index >= 15 is 0 Å². The van der Waals surface area contributed by atoms with Crippen molar-refractivity contribution in [1.82, 2.24) is 0 Å². The van der Waals surface area contributed by atoms with E-state index < -0.39 is 15.8 Å². The van der Waals surface area contributed by atoms with E-state index in [0.29, 0.717) is 0 Å². The third-order valence-electron chi connectivity index (χ3n) is 8.24. The van der Waals surface area contributed by atoms with Gasteiger partial charge in [-0.15, -0.1) is 0 Å². The maximum atomic E-state index is 14.5. The lowest BCUT2D eigenvalue weighted by Gasteiger charge is -2.29. The molecular formula is C42H32BFP2. The average molecular weight is 628 g/mol. The Morgan fingerprint density at radius 1 is 0.326 bits per heavy atom. The molecule has 0 aliphatic carbocycles. The van der Waals surface area contributed by atoms with Gasteiger partial charge < -0.3 is 0 Å². The van der Waals surface area contributed by atoms with Gasteiger partial charge in [0.15, 0.2) is 0 Å². The van der Waals surface area contributed by atoms with Gasteiger partial charge in [0.05, 0.1) is 0 Å². The maximum Gasteiger partial charge on any atom is 0.242 e. The third-order valence-corrected chi connectivity index (χ3v) is 13.3. The van der Waals surface area contributed by atoms with Gasteiger partial charge in [-0.3, -0.25) is 0 Å². The molecule has 0 nitrogen and oxygen atoms in total. The highest BCUT2D eigenvalue weighted by Crippen LogP contribution is 2.34. The normalized spacial score (nSPS) is 11.1. The minimum absolute atomic E-state index is 0.108. The molecule has 0 heterocycles. The van der Waals surface area contributed by atoms with E-state index in [4.69, 9.17) is 0 Å². The van der Waals surface area contributed by atoms with Crippen molar-refractivity contribution < 1.29 is 4.39 Å². The van der Waals surface area contributed by atoms with Gasteiger partial charge in [0, 0.05) is 0 Å². The second kappa shape index (κ2) is 14.2. The molecule has 7 aromatic rings. The smallest absolute Gasteiger partial charge is 0.207 e. The van der Waals surface area contributed by atoms with Crippen LogP contribution >= 0.6 is 15.8 Å². The zero-order valence-corrected chi connectivity index (χ0v) is 27.1. The highest BCUT2D eigenvalue weighted by molar-refractivity contribution is 7.81. The van der Waals surface area contributed by atoms with Crippen LogP contribution in [0, 0.1) is 5.82 Å². The number of hydrogen-bond acceptors (Lipinski definition) is 0. The average Bonchev–Trinajstić information content (AvgIpc) is 3.13. The minimum Gasteiger partial charge on any atom is -0.207 e. The van der Waals surface area contributed by atoms with Crippen molar-refractivity contribution in [2.45, 2.75) is 0 Å². The van der Waals surface area contributed by atoms with Gasteiger partial charge in [-0.05, 0) is 59.8 Å². The molecule has 0 fully saturated rings. The fourth-order valence-electron chi connectivity index (χ4n) is 6.22. The molecule has 0 spiro atoms. The van der Waals surface area contributed by atoms with Crippen LogP contribution < -0.4 is 48.2 Å². The second-order valence-electron chi connectivity index (χ2n) is 11.1. The summed E-state index contributed by atoms with van der Waals surface area (Å²) in [5, 5.41) is 7.83. The van der Waals surface area contributed by atoms with Crippen molar-refractivity contribution in [3.05, 3.63) is 200 Å². The van der Waals surface area contributed by atoms with Crippen LogP contribution in [0.15, 0.2) is 194 Å². The van der Waals surface area contributed by atoms with Crippen molar-refractivity contribution in [2.24, 2.45) is 0 Å². The van der Waals surface area contributed by atoms with Crippen LogP contribution in [0.25, 0.3) is 0 Å². The van der Waals surface area contributed by atoms with Crippen molar-refractivity contribution in [3.8, 4) is 0 Å². The van der Waals surface area contributed by atoms with Gasteiger partial charge in [0.1, 0.15) is 5.82 Å². The van der Waals surface area contributed by atoms with E-state index in [-0.39, 0.29) is 12.5 Å². The van der Waals surface area contributed by atoms with E-state index in [1.54, 1.807) is 12.1 Å². The van der Waals surface area contributed by atoms with Crippen molar-refractivity contribution in [2.75, 3.05) is 0 Å². The highest BCUT2D eigenvalue weighted by atomic mass is 31.1. The molecule has 0 aliphatic heterocycles. The van der Waals surface area contributed by atoms with Crippen LogP contribution in [0.1, 0.15) is 0 Å². The Morgan fingerprint density at radius 3 is 0.978 bits per heavy atom. The molecular weight excluding hydrogens is 596 g/mol. The van der Waals surface area contributed by atoms with Crippen LogP contribution in [0.4, 0.5) is 4.39 Å². The van der Waals surface area contributed by atoms with E-state index in [0.717, 1.165) is 5.46 Å². The Kier molecular flexibility index (Phi) is 9.30. The summed E-state index contributed by atoms with van der Waals surface area (Å²) in [7, 11) is -1.74. The van der Waals surface area contributed by atoms with Crippen LogP contribution in [0.5, 0.6) is 0 Å². The molecule has 0 bridgehead atoms. The summed E-state index contributed by atoms with van der Waals surface area (Å²) in [4.78, 5) is 0. The Bertz CT molecular complexity index is 1800. The minimum atomic E-state index is -0.868. The van der Waals surface area contributed by atoms with Crippen LogP contribution in [-0.2, 0) is 0 Å². The second-order valence-corrected chi connectivity index (χ2v) is 15.5. The molecule has 7 rings (SSSR count). The number of hydrogen-bond donors (Lipinski definition) is 0. The van der Waals surface area contributed by atoms with Crippen molar-refractivity contribution in [3.63, 3.8) is 0 Å². The topological polar surface area (TPSA) is 0 Å². The van der Waals surface area contributed by atoms with Gasteiger partial charge in [0.25, 0.3) is 0 Å². The first-order chi connectivity index (χ1) is 22.8. The fraction of sp³-hybridized carbons (Fsp3) is 0. The van der Waals surface area contributed by atoms with Gasteiger partial charge in [-0.2, -0.15) is 0 Å². The monoisotopic (exact) mass is 628 g/mol. The van der Waals surface area contributed by atoms with Crippen LogP contribution in [0.3, 0.4) is 0 Å². The lowest BCUT2D eigenvalue weighted by molar-refractivity contribution is 0.628. The summed E-state index contributed by atoms with van der Waals surface area (Å²) in [6.45, 7) is -0.108. The summed E-state index contributed by atoms with van der Waals surface area (Å²) in [5.41, 5.74) is 3.57. The number of benzene rings is 7. The fourth-order valence-corrected chi connectivity index (χ4v) is 11.2. The Hall–Kier alpha value is -4.61. The molecule has 220 valence electrons. The summed E-state index contributed by atoms with van der Waals surface area (Å²) in [6.07, 6.45) is 0. The van der Waals surface area contributed by atoms with E-state index in [1.165, 1.54) is 42.8 Å². The molecule has 0 aliphatic rings. The molecule has 0 N–H and O–H groups in total. The zero-order chi connectivity index (χ0) is 31.1. The highest BCUT2D eigenvalue weighted by Gasteiger charge is 2.32. The first kappa shape index (κ1) is 30.1. The van der Waals surface area contributed by atoms with E-state index in [9.17, 15) is 4.39 Å². The molecule has 0 atom stereocenters. The summed E-state index contributed by atoms with van der Waals surface area (Å²) in [5.74, 6) is -0.226. The van der Waals surface area contributed by atoms with Crippen molar-refractivity contribution in [1.29, 1.82) is 0 Å². The standard InChI is InChI=1S/C42H32BFP2/c44-34-31-29-33(30-32-34)43(39-25-13-15-27-41(39)45(35-17-5-1-6-18-35)36-19-7-2-8-20-36)40-26-14-16-28-42(40)46(37-21-9-3-10-22-37)38-23-11-4-12-24-38/h1-32H. The summed E-state index contributed by atoms with van der Waals surface area (Å²) >= 11 is 0. The molecule has 0 unspecified atom stereocenters. The molecule has 0 saturated carbocycles. The summed E-state index contributed by atoms with van der Waals surface area (Å²) in [6, 6.07) is 68.4. The molecule has 46 heavy (non-hydrogen) atoms. The molecule has 4 heteroatoms. The maximum absolute atomic E-state index is 14.5. The predicted octanol–water partition coefficient (Wildman–Crippen LogP) is 5.86. The number of rotatable bonds is 9. The first-order valence-electron chi connectivity index (χ1n) is 15.5. The molecule has 0 amide bonds. The zero-order valence-electron chi connectivity index (χ0n) is 25.3.